The highest BCUT2D eigenvalue weighted by Crippen LogP contribution is 2.04. The highest BCUT2D eigenvalue weighted by atomic mass is 16.6. The van der Waals surface area contributed by atoms with Gasteiger partial charge in [-0.3, -0.25) is 0 Å². The van der Waals surface area contributed by atoms with Crippen molar-refractivity contribution in [2.24, 2.45) is 5.73 Å². The molecule has 3 heteroatoms. The van der Waals surface area contributed by atoms with E-state index < -0.39 is 0 Å². The maximum absolute atomic E-state index is 5.39. The van der Waals surface area contributed by atoms with Crippen molar-refractivity contribution in [1.29, 1.82) is 0 Å². The fourth-order valence-electron chi connectivity index (χ4n) is 0.896. The third-order valence-electron chi connectivity index (χ3n) is 1.34. The number of hydrogen-bond acceptors (Lipinski definition) is 3. The lowest BCUT2D eigenvalue weighted by Gasteiger charge is -2.26. The average molecular weight is 131 g/mol. The summed E-state index contributed by atoms with van der Waals surface area (Å²) in [5, 5.41) is 0. The highest BCUT2D eigenvalue weighted by molar-refractivity contribution is 4.64. The van der Waals surface area contributed by atoms with Crippen LogP contribution in [0.15, 0.2) is 0 Å². The molecule has 0 aromatic heterocycles. The molecule has 1 unspecified atom stereocenters. The summed E-state index contributed by atoms with van der Waals surface area (Å²) in [6.45, 7) is 3.91. The van der Waals surface area contributed by atoms with Gasteiger partial charge in [0.25, 0.3) is 0 Å². The van der Waals surface area contributed by atoms with Gasteiger partial charge in [-0.2, -0.15) is 0 Å². The maximum atomic E-state index is 5.39. The summed E-state index contributed by atoms with van der Waals surface area (Å²) in [4.78, 5) is 0. The van der Waals surface area contributed by atoms with Gasteiger partial charge in [0.15, 0.2) is 0 Å². The Morgan fingerprint density at radius 1 is 1.56 bits per heavy atom. The quantitative estimate of drug-likeness (QED) is 0.533. The largest absolute Gasteiger partial charge is 0.376 e. The maximum Gasteiger partial charge on any atom is 0.0935 e. The van der Waals surface area contributed by atoms with Crippen LogP contribution >= 0.6 is 0 Å². The summed E-state index contributed by atoms with van der Waals surface area (Å²) in [7, 11) is 0. The summed E-state index contributed by atoms with van der Waals surface area (Å²) in [6, 6.07) is 0. The van der Waals surface area contributed by atoms with Crippen molar-refractivity contribution >= 4 is 0 Å². The Morgan fingerprint density at radius 3 is 2.78 bits per heavy atom. The Balaban J connectivity index is 2.23. The molecular weight excluding hydrogens is 118 g/mol. The Kier molecular flexibility index (Phi) is 2.45. The fraction of sp³-hybridized carbons (Fsp3) is 1.00. The predicted octanol–water partition coefficient (Wildman–Crippen LogP) is -0.251. The second-order valence-corrected chi connectivity index (χ2v) is 2.34. The molecule has 1 fully saturated rings. The van der Waals surface area contributed by atoms with Gasteiger partial charge in [-0.25, -0.2) is 0 Å². The summed E-state index contributed by atoms with van der Waals surface area (Å²) < 4.78 is 10.6. The van der Waals surface area contributed by atoms with Gasteiger partial charge in [0, 0.05) is 6.54 Å². The van der Waals surface area contributed by atoms with Crippen LogP contribution in [0.5, 0.6) is 0 Å². The molecule has 3 nitrogen and oxygen atoms in total. The highest BCUT2D eigenvalue weighted by Gasteiger charge is 2.17. The minimum Gasteiger partial charge on any atom is -0.376 e. The Labute approximate surface area is 55.1 Å². The minimum absolute atomic E-state index is 0.119. The monoisotopic (exact) mass is 131 g/mol. The van der Waals surface area contributed by atoms with Crippen LogP contribution in [0.25, 0.3) is 0 Å². The molecule has 1 rings (SSSR count). The Morgan fingerprint density at radius 2 is 2.33 bits per heavy atom. The van der Waals surface area contributed by atoms with Gasteiger partial charge in [0.1, 0.15) is 0 Å². The van der Waals surface area contributed by atoms with E-state index in [1.165, 1.54) is 0 Å². The lowest BCUT2D eigenvalue weighted by molar-refractivity contribution is -0.126. The molecule has 54 valence electrons. The molecule has 1 aliphatic heterocycles. The summed E-state index contributed by atoms with van der Waals surface area (Å²) in [5.41, 5.74) is 5.36. The fourth-order valence-corrected chi connectivity index (χ4v) is 0.896. The van der Waals surface area contributed by atoms with E-state index >= 15 is 0 Å². The molecule has 0 aromatic carbocycles. The first-order valence-corrected chi connectivity index (χ1v) is 3.26. The molecule has 1 aliphatic rings. The zero-order chi connectivity index (χ0) is 6.69. The van der Waals surface area contributed by atoms with Crippen LogP contribution in [0.2, 0.25) is 0 Å². The van der Waals surface area contributed by atoms with Crippen LogP contribution in [0, 0.1) is 0 Å². The van der Waals surface area contributed by atoms with Crippen LogP contribution in [0.1, 0.15) is 6.92 Å². The number of hydrogen-bond donors (Lipinski definition) is 1. The molecule has 0 aliphatic carbocycles. The van der Waals surface area contributed by atoms with E-state index in [-0.39, 0.29) is 12.2 Å². The Bertz CT molecular complexity index is 87.1. The Hall–Kier alpha value is -0.120. The van der Waals surface area contributed by atoms with Crippen LogP contribution < -0.4 is 5.73 Å². The van der Waals surface area contributed by atoms with Crippen LogP contribution in [0.3, 0.4) is 0 Å². The third kappa shape index (κ3) is 1.93. The van der Waals surface area contributed by atoms with Gasteiger partial charge in [0.2, 0.25) is 0 Å². The first-order valence-electron chi connectivity index (χ1n) is 3.26. The molecule has 0 spiro atoms. The minimum atomic E-state index is 0.119. The van der Waals surface area contributed by atoms with Gasteiger partial charge in [-0.1, -0.05) is 0 Å². The van der Waals surface area contributed by atoms with Crippen LogP contribution in [-0.2, 0) is 9.47 Å². The molecule has 9 heavy (non-hydrogen) atoms. The number of rotatable bonds is 1. The first kappa shape index (κ1) is 6.99. The van der Waals surface area contributed by atoms with E-state index in [1.54, 1.807) is 0 Å². The average Bonchev–Trinajstić information content (AvgIpc) is 1.88. The molecule has 1 heterocycles. The van der Waals surface area contributed by atoms with Gasteiger partial charge in [-0.05, 0) is 6.92 Å². The number of ether oxygens (including phenoxy) is 2. The summed E-state index contributed by atoms with van der Waals surface area (Å²) in [6.07, 6.45) is 0.334. The molecule has 2 N–H and O–H groups in total. The zero-order valence-electron chi connectivity index (χ0n) is 5.67. The smallest absolute Gasteiger partial charge is 0.0935 e. The lowest BCUT2D eigenvalue weighted by Crippen LogP contribution is -2.38. The molecule has 2 atom stereocenters. The molecule has 0 saturated carbocycles. The molecule has 1 saturated heterocycles. The van der Waals surface area contributed by atoms with Crippen LogP contribution in [-0.4, -0.2) is 32.0 Å². The van der Waals surface area contributed by atoms with E-state index in [9.17, 15) is 0 Å². The van der Waals surface area contributed by atoms with Crippen molar-refractivity contribution in [3.8, 4) is 0 Å². The zero-order valence-corrected chi connectivity index (χ0v) is 5.67. The van der Waals surface area contributed by atoms with E-state index in [4.69, 9.17) is 15.2 Å². The van der Waals surface area contributed by atoms with Crippen LogP contribution in [0.4, 0.5) is 0 Å². The van der Waals surface area contributed by atoms with Gasteiger partial charge < -0.3 is 15.2 Å². The molecule has 0 bridgehead atoms. The number of nitrogens with two attached hydrogens (primary N) is 1. The molecule has 0 radical (unpaired) electrons. The van der Waals surface area contributed by atoms with Crippen molar-refractivity contribution in [3.05, 3.63) is 0 Å². The predicted molar refractivity (Wildman–Crippen MR) is 34.2 cm³/mol. The van der Waals surface area contributed by atoms with Crippen molar-refractivity contribution in [3.63, 3.8) is 0 Å². The third-order valence-corrected chi connectivity index (χ3v) is 1.34. The van der Waals surface area contributed by atoms with E-state index in [1.807, 2.05) is 6.92 Å². The van der Waals surface area contributed by atoms with Crippen molar-refractivity contribution in [2.45, 2.75) is 19.1 Å². The standard InChI is InChI=1S/C6H13NO2/c1-5-3-8-4-6(2-7)9-5/h5-6H,2-4,7H2,1H3/t5-,6?/m0/s1. The van der Waals surface area contributed by atoms with Crippen molar-refractivity contribution < 1.29 is 9.47 Å². The van der Waals surface area contributed by atoms with Crippen molar-refractivity contribution in [1.82, 2.24) is 0 Å². The van der Waals surface area contributed by atoms with Gasteiger partial charge in [-0.15, -0.1) is 0 Å². The van der Waals surface area contributed by atoms with Gasteiger partial charge >= 0.3 is 0 Å². The van der Waals surface area contributed by atoms with E-state index in [0.29, 0.717) is 19.8 Å². The summed E-state index contributed by atoms with van der Waals surface area (Å²) in [5.74, 6) is 0. The first-order chi connectivity index (χ1) is 4.33. The second-order valence-electron chi connectivity index (χ2n) is 2.34. The lowest BCUT2D eigenvalue weighted by atomic mass is 10.3. The topological polar surface area (TPSA) is 44.5 Å². The van der Waals surface area contributed by atoms with Crippen molar-refractivity contribution in [2.75, 3.05) is 19.8 Å². The summed E-state index contributed by atoms with van der Waals surface area (Å²) >= 11 is 0. The normalized spacial score (nSPS) is 36.7. The van der Waals surface area contributed by atoms with E-state index in [0.717, 1.165) is 0 Å². The SMILES string of the molecule is C[C@H]1COCC(CN)O1. The second kappa shape index (κ2) is 3.15. The van der Waals surface area contributed by atoms with E-state index in [2.05, 4.69) is 0 Å². The molecule has 0 aromatic rings. The molecule has 0 amide bonds. The van der Waals surface area contributed by atoms with Gasteiger partial charge in [0.05, 0.1) is 25.4 Å². The molecular formula is C6H13NO2.